The van der Waals surface area contributed by atoms with E-state index in [1.807, 2.05) is 30.3 Å². The number of hydrogen-bond acceptors (Lipinski definition) is 5. The standard InChI is InChI=1S/C16H14O5/c1-10-7-14(21-15(10)17)19-9-13-12(8-20-16(13)18)11-5-3-2-4-6-11/h2-7,9,12,14H,8H2,1H3. The highest BCUT2D eigenvalue weighted by atomic mass is 16.7. The van der Waals surface area contributed by atoms with Gasteiger partial charge in [0.15, 0.2) is 0 Å². The number of carbonyl (C=O) groups excluding carboxylic acids is 2. The summed E-state index contributed by atoms with van der Waals surface area (Å²) in [5, 5.41) is 0. The maximum atomic E-state index is 11.8. The summed E-state index contributed by atoms with van der Waals surface area (Å²) < 4.78 is 15.4. The number of esters is 2. The number of carbonyl (C=O) groups is 2. The van der Waals surface area contributed by atoms with Gasteiger partial charge < -0.3 is 14.2 Å². The number of cyclic esters (lactones) is 2. The van der Waals surface area contributed by atoms with E-state index in [9.17, 15) is 9.59 Å². The van der Waals surface area contributed by atoms with E-state index in [-0.39, 0.29) is 12.5 Å². The van der Waals surface area contributed by atoms with Crippen molar-refractivity contribution in [2.75, 3.05) is 6.61 Å². The topological polar surface area (TPSA) is 61.8 Å². The van der Waals surface area contributed by atoms with Crippen LogP contribution in [-0.4, -0.2) is 24.8 Å². The summed E-state index contributed by atoms with van der Waals surface area (Å²) in [5.74, 6) is -0.984. The van der Waals surface area contributed by atoms with Crippen molar-refractivity contribution in [1.29, 1.82) is 0 Å². The lowest BCUT2D eigenvalue weighted by atomic mass is 9.94. The molecule has 2 aliphatic rings. The van der Waals surface area contributed by atoms with E-state index >= 15 is 0 Å². The normalized spacial score (nSPS) is 26.5. The van der Waals surface area contributed by atoms with Crippen molar-refractivity contribution in [2.45, 2.75) is 19.1 Å². The third-order valence-electron chi connectivity index (χ3n) is 3.45. The Balaban J connectivity index is 1.77. The van der Waals surface area contributed by atoms with Crippen LogP contribution in [0.3, 0.4) is 0 Å². The summed E-state index contributed by atoms with van der Waals surface area (Å²) in [4.78, 5) is 23.0. The molecule has 0 amide bonds. The minimum atomic E-state index is -0.783. The zero-order valence-electron chi connectivity index (χ0n) is 11.4. The molecule has 3 rings (SSSR count). The SMILES string of the molecule is CC1=CC(OC=C2C(=O)OCC2c2ccccc2)OC1=O. The van der Waals surface area contributed by atoms with Crippen LogP contribution in [0, 0.1) is 0 Å². The molecule has 5 nitrogen and oxygen atoms in total. The molecule has 0 radical (unpaired) electrons. The van der Waals surface area contributed by atoms with Crippen LogP contribution in [0.4, 0.5) is 0 Å². The highest BCUT2D eigenvalue weighted by molar-refractivity contribution is 5.92. The summed E-state index contributed by atoms with van der Waals surface area (Å²) in [6.45, 7) is 1.94. The highest BCUT2D eigenvalue weighted by Gasteiger charge is 2.33. The fourth-order valence-electron chi connectivity index (χ4n) is 2.28. The maximum Gasteiger partial charge on any atom is 0.337 e. The van der Waals surface area contributed by atoms with Gasteiger partial charge in [0.2, 0.25) is 0 Å². The first kappa shape index (κ1) is 13.4. The van der Waals surface area contributed by atoms with E-state index in [2.05, 4.69) is 0 Å². The molecule has 0 aromatic heterocycles. The fourth-order valence-corrected chi connectivity index (χ4v) is 2.28. The average Bonchev–Trinajstić information content (AvgIpc) is 3.01. The number of benzene rings is 1. The Morgan fingerprint density at radius 1 is 1.19 bits per heavy atom. The van der Waals surface area contributed by atoms with Crippen LogP contribution in [0.5, 0.6) is 0 Å². The molecule has 2 heterocycles. The van der Waals surface area contributed by atoms with E-state index in [1.54, 1.807) is 13.0 Å². The molecule has 1 saturated heterocycles. The van der Waals surface area contributed by atoms with Crippen LogP contribution in [0.2, 0.25) is 0 Å². The Hall–Kier alpha value is -2.56. The molecule has 0 N–H and O–H groups in total. The van der Waals surface area contributed by atoms with Gasteiger partial charge in [-0.3, -0.25) is 0 Å². The molecule has 1 aromatic rings. The number of ether oxygens (including phenoxy) is 3. The molecule has 2 aliphatic heterocycles. The zero-order valence-corrected chi connectivity index (χ0v) is 11.4. The van der Waals surface area contributed by atoms with Crippen LogP contribution in [-0.2, 0) is 23.8 Å². The van der Waals surface area contributed by atoms with Crippen molar-refractivity contribution < 1.29 is 23.8 Å². The molecule has 1 aromatic carbocycles. The van der Waals surface area contributed by atoms with Gasteiger partial charge >= 0.3 is 11.9 Å². The summed E-state index contributed by atoms with van der Waals surface area (Å²) >= 11 is 0. The first-order valence-electron chi connectivity index (χ1n) is 6.62. The quantitative estimate of drug-likeness (QED) is 0.483. The van der Waals surface area contributed by atoms with Gasteiger partial charge in [0, 0.05) is 11.6 Å². The van der Waals surface area contributed by atoms with E-state index in [1.165, 1.54) is 6.26 Å². The van der Waals surface area contributed by atoms with Crippen molar-refractivity contribution in [2.24, 2.45) is 0 Å². The van der Waals surface area contributed by atoms with Crippen molar-refractivity contribution in [3.8, 4) is 0 Å². The summed E-state index contributed by atoms with van der Waals surface area (Å²) in [6, 6.07) is 9.58. The average molecular weight is 286 g/mol. The van der Waals surface area contributed by atoms with Crippen LogP contribution in [0.15, 0.2) is 53.8 Å². The fraction of sp³-hybridized carbons (Fsp3) is 0.250. The lowest BCUT2D eigenvalue weighted by molar-refractivity contribution is -0.152. The van der Waals surface area contributed by atoms with Gasteiger partial charge in [-0.15, -0.1) is 0 Å². The first-order valence-corrected chi connectivity index (χ1v) is 6.62. The van der Waals surface area contributed by atoms with Gasteiger partial charge in [-0.25, -0.2) is 9.59 Å². The van der Waals surface area contributed by atoms with Gasteiger partial charge in [0.05, 0.1) is 17.8 Å². The second kappa shape index (κ2) is 5.44. The first-order chi connectivity index (χ1) is 10.1. The van der Waals surface area contributed by atoms with E-state index < -0.39 is 18.2 Å². The summed E-state index contributed by atoms with van der Waals surface area (Å²) in [5.41, 5.74) is 1.90. The Morgan fingerprint density at radius 2 is 1.95 bits per heavy atom. The second-order valence-electron chi connectivity index (χ2n) is 4.89. The number of hydrogen-bond donors (Lipinski definition) is 0. The molecule has 108 valence electrons. The molecular formula is C16H14O5. The van der Waals surface area contributed by atoms with Gasteiger partial charge in [0.1, 0.15) is 6.61 Å². The molecule has 21 heavy (non-hydrogen) atoms. The van der Waals surface area contributed by atoms with E-state index in [0.29, 0.717) is 11.1 Å². The molecule has 5 heteroatoms. The summed E-state index contributed by atoms with van der Waals surface area (Å²) in [6.07, 6.45) is 2.12. The van der Waals surface area contributed by atoms with Gasteiger partial charge in [0.25, 0.3) is 6.29 Å². The molecule has 2 unspecified atom stereocenters. The molecule has 2 atom stereocenters. The van der Waals surface area contributed by atoms with Crippen LogP contribution in [0.1, 0.15) is 18.4 Å². The monoisotopic (exact) mass is 286 g/mol. The van der Waals surface area contributed by atoms with Crippen molar-refractivity contribution >= 4 is 11.9 Å². The van der Waals surface area contributed by atoms with E-state index in [0.717, 1.165) is 5.56 Å². The predicted molar refractivity (Wildman–Crippen MR) is 72.9 cm³/mol. The lowest BCUT2D eigenvalue weighted by Crippen LogP contribution is -2.11. The van der Waals surface area contributed by atoms with Crippen molar-refractivity contribution in [3.63, 3.8) is 0 Å². The Kier molecular flexibility index (Phi) is 3.48. The van der Waals surface area contributed by atoms with E-state index in [4.69, 9.17) is 14.2 Å². The third kappa shape index (κ3) is 2.67. The summed E-state index contributed by atoms with van der Waals surface area (Å²) in [7, 11) is 0. The molecule has 1 fully saturated rings. The largest absolute Gasteiger partial charge is 0.461 e. The van der Waals surface area contributed by atoms with Crippen molar-refractivity contribution in [1.82, 2.24) is 0 Å². The molecule has 0 saturated carbocycles. The third-order valence-corrected chi connectivity index (χ3v) is 3.45. The van der Waals surface area contributed by atoms with Gasteiger partial charge in [-0.05, 0) is 12.5 Å². The lowest BCUT2D eigenvalue weighted by Gasteiger charge is -2.11. The van der Waals surface area contributed by atoms with Gasteiger partial charge in [-0.2, -0.15) is 0 Å². The van der Waals surface area contributed by atoms with Crippen LogP contribution in [0.25, 0.3) is 0 Å². The smallest absolute Gasteiger partial charge is 0.337 e. The van der Waals surface area contributed by atoms with Crippen LogP contribution >= 0.6 is 0 Å². The molecule has 0 spiro atoms. The van der Waals surface area contributed by atoms with Crippen LogP contribution < -0.4 is 0 Å². The minimum Gasteiger partial charge on any atom is -0.461 e. The maximum absolute atomic E-state index is 11.8. The molecule has 0 bridgehead atoms. The molecular weight excluding hydrogens is 272 g/mol. The zero-order chi connectivity index (χ0) is 14.8. The van der Waals surface area contributed by atoms with Crippen molar-refractivity contribution in [3.05, 3.63) is 59.4 Å². The Labute approximate surface area is 121 Å². The minimum absolute atomic E-state index is 0.166. The second-order valence-corrected chi connectivity index (χ2v) is 4.89. The van der Waals surface area contributed by atoms with Gasteiger partial charge in [-0.1, -0.05) is 30.3 Å². The Bertz CT molecular complexity index is 629. The molecule has 0 aliphatic carbocycles. The number of rotatable bonds is 3. The highest BCUT2D eigenvalue weighted by Crippen LogP contribution is 2.31. The predicted octanol–water partition coefficient (Wildman–Crippen LogP) is 2.06. The Morgan fingerprint density at radius 3 is 2.62 bits per heavy atom.